The smallest absolute Gasteiger partial charge is 0.233 e. The van der Waals surface area contributed by atoms with Gasteiger partial charge in [0.1, 0.15) is 5.75 Å². The maximum absolute atomic E-state index is 12.6. The van der Waals surface area contributed by atoms with Crippen molar-refractivity contribution in [3.05, 3.63) is 24.3 Å². The summed E-state index contributed by atoms with van der Waals surface area (Å²) < 4.78 is 30.5. The molecule has 0 radical (unpaired) electrons. The van der Waals surface area contributed by atoms with Crippen molar-refractivity contribution in [3.63, 3.8) is 0 Å². The molecule has 1 atom stereocenters. The minimum absolute atomic E-state index is 0.0453. The minimum Gasteiger partial charge on any atom is -0.497 e. The SMILES string of the molecule is COc1ccc(-c2nnc(SCC(=O)N(C)[C@@H]3CCS(=O)(=O)C3)n2C(C)C)cc1. The first kappa shape index (κ1) is 21.6. The van der Waals surface area contributed by atoms with Gasteiger partial charge in [0.05, 0.1) is 24.4 Å². The molecule has 158 valence electrons. The average molecular weight is 439 g/mol. The van der Waals surface area contributed by atoms with Crippen LogP contribution in [0, 0.1) is 0 Å². The first-order chi connectivity index (χ1) is 13.7. The van der Waals surface area contributed by atoms with Crippen LogP contribution in [0.5, 0.6) is 5.75 Å². The fourth-order valence-electron chi connectivity index (χ4n) is 3.29. The zero-order valence-electron chi connectivity index (χ0n) is 17.0. The number of amides is 1. The molecule has 1 fully saturated rings. The molecule has 3 rings (SSSR count). The van der Waals surface area contributed by atoms with Crippen LogP contribution in [0.3, 0.4) is 0 Å². The van der Waals surface area contributed by atoms with Gasteiger partial charge in [-0.2, -0.15) is 0 Å². The van der Waals surface area contributed by atoms with Crippen LogP contribution in [0.25, 0.3) is 11.4 Å². The molecule has 1 amide bonds. The monoisotopic (exact) mass is 438 g/mol. The molecule has 8 nitrogen and oxygen atoms in total. The van der Waals surface area contributed by atoms with Crippen LogP contribution in [-0.2, 0) is 14.6 Å². The third-order valence-electron chi connectivity index (χ3n) is 5.00. The van der Waals surface area contributed by atoms with Crippen molar-refractivity contribution in [2.45, 2.75) is 37.5 Å². The van der Waals surface area contributed by atoms with Crippen LogP contribution < -0.4 is 4.74 Å². The maximum atomic E-state index is 12.6. The summed E-state index contributed by atoms with van der Waals surface area (Å²) >= 11 is 1.32. The van der Waals surface area contributed by atoms with E-state index in [0.717, 1.165) is 17.1 Å². The van der Waals surface area contributed by atoms with Crippen molar-refractivity contribution < 1.29 is 17.9 Å². The van der Waals surface area contributed by atoms with E-state index in [9.17, 15) is 13.2 Å². The molecule has 1 aromatic heterocycles. The minimum atomic E-state index is -3.03. The van der Waals surface area contributed by atoms with E-state index in [-0.39, 0.29) is 35.2 Å². The van der Waals surface area contributed by atoms with E-state index in [2.05, 4.69) is 10.2 Å². The molecular weight excluding hydrogens is 412 g/mol. The summed E-state index contributed by atoms with van der Waals surface area (Å²) in [6, 6.07) is 7.46. The van der Waals surface area contributed by atoms with Crippen LogP contribution in [-0.4, -0.2) is 71.4 Å². The number of methoxy groups -OCH3 is 1. The van der Waals surface area contributed by atoms with Crippen molar-refractivity contribution >= 4 is 27.5 Å². The first-order valence-electron chi connectivity index (χ1n) is 9.40. The summed E-state index contributed by atoms with van der Waals surface area (Å²) in [6.45, 7) is 4.08. The van der Waals surface area contributed by atoms with Crippen molar-refractivity contribution in [1.29, 1.82) is 0 Å². The zero-order chi connectivity index (χ0) is 21.2. The van der Waals surface area contributed by atoms with Crippen LogP contribution in [0.15, 0.2) is 29.4 Å². The zero-order valence-corrected chi connectivity index (χ0v) is 18.7. The number of benzene rings is 1. The summed E-state index contributed by atoms with van der Waals surface area (Å²) in [5, 5.41) is 9.27. The average Bonchev–Trinajstić information content (AvgIpc) is 3.28. The second-order valence-corrected chi connectivity index (χ2v) is 10.5. The molecule has 29 heavy (non-hydrogen) atoms. The molecule has 2 heterocycles. The number of nitrogens with zero attached hydrogens (tertiary/aromatic N) is 4. The second kappa shape index (κ2) is 8.74. The quantitative estimate of drug-likeness (QED) is 0.612. The van der Waals surface area contributed by atoms with Crippen molar-refractivity contribution in [2.75, 3.05) is 31.4 Å². The summed E-state index contributed by atoms with van der Waals surface area (Å²) in [4.78, 5) is 14.1. The number of ether oxygens (including phenoxy) is 1. The van der Waals surface area contributed by atoms with Gasteiger partial charge in [-0.3, -0.25) is 9.36 Å². The molecule has 0 aliphatic carbocycles. The first-order valence-corrected chi connectivity index (χ1v) is 12.2. The Labute approximate surface area is 175 Å². The number of rotatable bonds is 7. The molecule has 10 heteroatoms. The van der Waals surface area contributed by atoms with Gasteiger partial charge in [0, 0.05) is 24.7 Å². The summed E-state index contributed by atoms with van der Waals surface area (Å²) in [5.74, 6) is 1.76. The Balaban J connectivity index is 1.72. The highest BCUT2D eigenvalue weighted by Gasteiger charge is 2.32. The highest BCUT2D eigenvalue weighted by Crippen LogP contribution is 2.29. The lowest BCUT2D eigenvalue weighted by Gasteiger charge is -2.23. The van der Waals surface area contributed by atoms with E-state index in [4.69, 9.17) is 4.74 Å². The van der Waals surface area contributed by atoms with Gasteiger partial charge in [-0.1, -0.05) is 11.8 Å². The van der Waals surface area contributed by atoms with Gasteiger partial charge in [-0.25, -0.2) is 8.42 Å². The molecule has 1 saturated heterocycles. The molecule has 0 N–H and O–H groups in total. The van der Waals surface area contributed by atoms with Crippen LogP contribution >= 0.6 is 11.8 Å². The second-order valence-electron chi connectivity index (χ2n) is 7.35. The highest BCUT2D eigenvalue weighted by molar-refractivity contribution is 7.99. The van der Waals surface area contributed by atoms with Crippen molar-refractivity contribution in [3.8, 4) is 17.1 Å². The number of carbonyl (C=O) groups is 1. The molecule has 0 saturated carbocycles. The number of hydrogen-bond donors (Lipinski definition) is 0. The molecular formula is C19H26N4O4S2. The predicted octanol–water partition coefficient (Wildman–Crippen LogP) is 2.27. The molecule has 2 aromatic rings. The standard InChI is InChI=1S/C19H26N4O4S2/c1-13(2)23-18(14-5-7-16(27-4)8-6-14)20-21-19(23)28-11-17(24)22(3)15-9-10-29(25,26)12-15/h5-8,13,15H,9-12H2,1-4H3/t15-/m1/s1. The van der Waals surface area contributed by atoms with Gasteiger partial charge in [-0.05, 0) is 44.5 Å². The summed E-state index contributed by atoms with van der Waals surface area (Å²) in [5.41, 5.74) is 0.915. The number of sulfone groups is 1. The lowest BCUT2D eigenvalue weighted by atomic mass is 10.2. The van der Waals surface area contributed by atoms with E-state index < -0.39 is 9.84 Å². The number of aromatic nitrogens is 3. The van der Waals surface area contributed by atoms with Gasteiger partial charge in [0.25, 0.3) is 0 Å². The normalized spacial score (nSPS) is 18.2. The Hall–Kier alpha value is -2.07. The Kier molecular flexibility index (Phi) is 6.52. The largest absolute Gasteiger partial charge is 0.497 e. The van der Waals surface area contributed by atoms with E-state index in [0.29, 0.717) is 11.6 Å². The van der Waals surface area contributed by atoms with Gasteiger partial charge < -0.3 is 9.64 Å². The van der Waals surface area contributed by atoms with Crippen LogP contribution in [0.4, 0.5) is 0 Å². The summed E-state index contributed by atoms with van der Waals surface area (Å²) in [7, 11) is 0.264. The van der Waals surface area contributed by atoms with E-state index >= 15 is 0 Å². The van der Waals surface area contributed by atoms with E-state index in [1.165, 1.54) is 11.8 Å². The maximum Gasteiger partial charge on any atom is 0.233 e. The Morgan fingerprint density at radius 3 is 2.55 bits per heavy atom. The fraction of sp³-hybridized carbons (Fsp3) is 0.526. The van der Waals surface area contributed by atoms with Crippen LogP contribution in [0.1, 0.15) is 26.3 Å². The predicted molar refractivity (Wildman–Crippen MR) is 113 cm³/mol. The molecule has 0 bridgehead atoms. The highest BCUT2D eigenvalue weighted by atomic mass is 32.2. The number of carbonyl (C=O) groups excluding carboxylic acids is 1. The molecule has 1 aromatic carbocycles. The van der Waals surface area contributed by atoms with Crippen molar-refractivity contribution in [1.82, 2.24) is 19.7 Å². The van der Waals surface area contributed by atoms with Crippen LogP contribution in [0.2, 0.25) is 0 Å². The molecule has 1 aliphatic rings. The number of hydrogen-bond acceptors (Lipinski definition) is 7. The van der Waals surface area contributed by atoms with Gasteiger partial charge in [0.2, 0.25) is 5.91 Å². The Morgan fingerprint density at radius 2 is 2.00 bits per heavy atom. The lowest BCUT2D eigenvalue weighted by molar-refractivity contribution is -0.128. The lowest BCUT2D eigenvalue weighted by Crippen LogP contribution is -2.38. The fourth-order valence-corrected chi connectivity index (χ4v) is 6.06. The molecule has 1 aliphatic heterocycles. The van der Waals surface area contributed by atoms with E-state index in [1.54, 1.807) is 19.1 Å². The Bertz CT molecular complexity index is 971. The topological polar surface area (TPSA) is 94.4 Å². The third kappa shape index (κ3) is 4.92. The molecule has 0 spiro atoms. The number of thioether (sulfide) groups is 1. The van der Waals surface area contributed by atoms with Gasteiger partial charge in [0.15, 0.2) is 20.8 Å². The third-order valence-corrected chi connectivity index (χ3v) is 7.68. The van der Waals surface area contributed by atoms with Gasteiger partial charge >= 0.3 is 0 Å². The Morgan fingerprint density at radius 1 is 1.31 bits per heavy atom. The van der Waals surface area contributed by atoms with Crippen molar-refractivity contribution in [2.24, 2.45) is 0 Å². The molecule has 0 unspecified atom stereocenters. The van der Waals surface area contributed by atoms with E-state index in [1.807, 2.05) is 42.7 Å². The van der Waals surface area contributed by atoms with Gasteiger partial charge in [-0.15, -0.1) is 10.2 Å². The summed E-state index contributed by atoms with van der Waals surface area (Å²) in [6.07, 6.45) is 0.499.